The Morgan fingerprint density at radius 2 is 1.76 bits per heavy atom. The zero-order valence-corrected chi connectivity index (χ0v) is 18.6. The van der Waals surface area contributed by atoms with Crippen molar-refractivity contribution in [1.82, 2.24) is 14.2 Å². The highest BCUT2D eigenvalue weighted by Crippen LogP contribution is 2.23. The Kier molecular flexibility index (Phi) is 7.34. The molecule has 0 radical (unpaired) electrons. The molecule has 158 valence electrons. The van der Waals surface area contributed by atoms with Crippen LogP contribution in [0.15, 0.2) is 58.6 Å². The van der Waals surface area contributed by atoms with Crippen LogP contribution in [0.5, 0.6) is 0 Å². The van der Waals surface area contributed by atoms with Gasteiger partial charge in [-0.15, -0.1) is 11.8 Å². The molecule has 2 aromatic rings. The quantitative estimate of drug-likeness (QED) is 0.643. The third-order valence-corrected chi connectivity index (χ3v) is 7.72. The van der Waals surface area contributed by atoms with Crippen LogP contribution in [-0.4, -0.2) is 65.2 Å². The summed E-state index contributed by atoms with van der Waals surface area (Å²) in [7, 11) is -3.52. The van der Waals surface area contributed by atoms with E-state index in [9.17, 15) is 13.5 Å². The minimum Gasteiger partial charge on any atom is -0.390 e. The second-order valence-corrected chi connectivity index (χ2v) is 11.0. The fraction of sp³-hybridized carbons (Fsp3) is 0.476. The van der Waals surface area contributed by atoms with E-state index in [0.717, 1.165) is 17.3 Å². The van der Waals surface area contributed by atoms with E-state index in [-0.39, 0.29) is 4.90 Å². The molecule has 0 saturated carbocycles. The average Bonchev–Trinajstić information content (AvgIpc) is 2.69. The van der Waals surface area contributed by atoms with Gasteiger partial charge in [0, 0.05) is 44.7 Å². The second kappa shape index (κ2) is 9.57. The van der Waals surface area contributed by atoms with Crippen LogP contribution in [-0.2, 0) is 16.6 Å². The van der Waals surface area contributed by atoms with E-state index < -0.39 is 15.6 Å². The normalized spacial score (nSPS) is 16.8. The van der Waals surface area contributed by atoms with Crippen LogP contribution in [0.1, 0.15) is 25.8 Å². The monoisotopic (exact) mass is 435 g/mol. The zero-order chi connectivity index (χ0) is 20.9. The van der Waals surface area contributed by atoms with Crippen molar-refractivity contribution < 1.29 is 13.5 Å². The molecule has 0 spiro atoms. The van der Waals surface area contributed by atoms with Crippen LogP contribution in [0.3, 0.4) is 0 Å². The van der Waals surface area contributed by atoms with E-state index in [2.05, 4.69) is 22.0 Å². The summed E-state index contributed by atoms with van der Waals surface area (Å²) in [6.45, 7) is 6.78. The predicted molar refractivity (Wildman–Crippen MR) is 116 cm³/mol. The lowest BCUT2D eigenvalue weighted by molar-refractivity contribution is 0.0777. The van der Waals surface area contributed by atoms with Gasteiger partial charge in [0.05, 0.1) is 10.6 Å². The smallest absolute Gasteiger partial charge is 0.244 e. The van der Waals surface area contributed by atoms with Gasteiger partial charge in [-0.1, -0.05) is 30.3 Å². The van der Waals surface area contributed by atoms with Gasteiger partial charge >= 0.3 is 0 Å². The number of thioether (sulfide) groups is 1. The number of piperazine rings is 1. The SMILES string of the molecule is CC(C)(O)CCSc1ccc(S(=O)(=O)N2CCN(Cc3ccccc3)CC2)cn1. The van der Waals surface area contributed by atoms with Crippen molar-refractivity contribution in [1.29, 1.82) is 0 Å². The topological polar surface area (TPSA) is 73.7 Å². The fourth-order valence-electron chi connectivity index (χ4n) is 3.13. The Morgan fingerprint density at radius 3 is 2.34 bits per heavy atom. The van der Waals surface area contributed by atoms with E-state index in [1.54, 1.807) is 30.3 Å². The molecule has 0 aliphatic carbocycles. The molecule has 1 aromatic heterocycles. The predicted octanol–water partition coefficient (Wildman–Crippen LogP) is 2.84. The zero-order valence-electron chi connectivity index (χ0n) is 17.0. The number of aromatic nitrogens is 1. The van der Waals surface area contributed by atoms with Crippen molar-refractivity contribution in [3.8, 4) is 0 Å². The first-order valence-electron chi connectivity index (χ1n) is 9.82. The van der Waals surface area contributed by atoms with Crippen LogP contribution >= 0.6 is 11.8 Å². The molecular formula is C21H29N3O3S2. The highest BCUT2D eigenvalue weighted by atomic mass is 32.2. The molecule has 6 nitrogen and oxygen atoms in total. The summed E-state index contributed by atoms with van der Waals surface area (Å²) in [5.41, 5.74) is 0.532. The van der Waals surface area contributed by atoms with Crippen LogP contribution in [0.25, 0.3) is 0 Å². The van der Waals surface area contributed by atoms with E-state index in [1.807, 2.05) is 18.2 Å². The first-order chi connectivity index (χ1) is 13.7. The molecule has 1 N–H and O–H groups in total. The molecule has 0 bridgehead atoms. The Morgan fingerprint density at radius 1 is 1.07 bits per heavy atom. The molecule has 3 rings (SSSR count). The summed E-state index contributed by atoms with van der Waals surface area (Å²) in [6.07, 6.45) is 2.09. The van der Waals surface area contributed by atoms with E-state index in [0.29, 0.717) is 32.6 Å². The fourth-order valence-corrected chi connectivity index (χ4v) is 5.60. The molecule has 8 heteroatoms. The van der Waals surface area contributed by atoms with Crippen LogP contribution < -0.4 is 0 Å². The first kappa shape index (κ1) is 22.2. The van der Waals surface area contributed by atoms with Gasteiger partial charge in [0.25, 0.3) is 0 Å². The number of nitrogens with zero attached hydrogens (tertiary/aromatic N) is 3. The largest absolute Gasteiger partial charge is 0.390 e. The number of aliphatic hydroxyl groups is 1. The minimum absolute atomic E-state index is 0.237. The molecule has 0 unspecified atom stereocenters. The summed E-state index contributed by atoms with van der Waals surface area (Å²) in [6, 6.07) is 13.6. The standard InChI is InChI=1S/C21H29N3O3S2/c1-21(2,25)10-15-28-20-9-8-19(16-22-20)29(26,27)24-13-11-23(12-14-24)17-18-6-4-3-5-7-18/h3-9,16,25H,10-15,17H2,1-2H3. The molecule has 0 amide bonds. The van der Waals surface area contributed by atoms with E-state index in [1.165, 1.54) is 23.5 Å². The van der Waals surface area contributed by atoms with Crippen LogP contribution in [0.4, 0.5) is 0 Å². The lowest BCUT2D eigenvalue weighted by atomic mass is 10.1. The van der Waals surface area contributed by atoms with Gasteiger partial charge in [-0.2, -0.15) is 4.31 Å². The number of sulfonamides is 1. The summed E-state index contributed by atoms with van der Waals surface area (Å²) in [5.74, 6) is 0.728. The molecule has 1 saturated heterocycles. The molecule has 29 heavy (non-hydrogen) atoms. The van der Waals surface area contributed by atoms with Gasteiger partial charge in [-0.05, 0) is 38.0 Å². The third kappa shape index (κ3) is 6.52. The van der Waals surface area contributed by atoms with Gasteiger partial charge in [0.15, 0.2) is 0 Å². The Bertz CT molecular complexity index is 874. The number of pyridine rings is 1. The molecule has 1 aromatic carbocycles. The maximum Gasteiger partial charge on any atom is 0.244 e. The van der Waals surface area contributed by atoms with Crippen molar-refractivity contribution >= 4 is 21.8 Å². The lowest BCUT2D eigenvalue weighted by Crippen LogP contribution is -2.48. The van der Waals surface area contributed by atoms with Crippen LogP contribution in [0, 0.1) is 0 Å². The van der Waals surface area contributed by atoms with Crippen molar-refractivity contribution in [2.75, 3.05) is 31.9 Å². The molecule has 1 aliphatic heterocycles. The highest BCUT2D eigenvalue weighted by Gasteiger charge is 2.28. The Labute approximate surface area is 178 Å². The summed E-state index contributed by atoms with van der Waals surface area (Å²) in [4.78, 5) is 6.81. The van der Waals surface area contributed by atoms with Crippen molar-refractivity contribution in [3.63, 3.8) is 0 Å². The van der Waals surface area contributed by atoms with Crippen molar-refractivity contribution in [2.45, 2.75) is 42.3 Å². The summed E-state index contributed by atoms with van der Waals surface area (Å²) >= 11 is 1.52. The second-order valence-electron chi connectivity index (χ2n) is 7.91. The lowest BCUT2D eigenvalue weighted by Gasteiger charge is -2.33. The number of hydrogen-bond donors (Lipinski definition) is 1. The van der Waals surface area contributed by atoms with Gasteiger partial charge < -0.3 is 5.11 Å². The number of rotatable bonds is 8. The molecule has 1 fully saturated rings. The third-order valence-electron chi connectivity index (χ3n) is 4.89. The van der Waals surface area contributed by atoms with Gasteiger partial charge in [-0.3, -0.25) is 4.90 Å². The van der Waals surface area contributed by atoms with Gasteiger partial charge in [0.2, 0.25) is 10.0 Å². The van der Waals surface area contributed by atoms with Gasteiger partial charge in [-0.25, -0.2) is 13.4 Å². The first-order valence-corrected chi connectivity index (χ1v) is 12.2. The summed E-state index contributed by atoms with van der Waals surface area (Å²) < 4.78 is 27.4. The average molecular weight is 436 g/mol. The molecule has 0 atom stereocenters. The van der Waals surface area contributed by atoms with E-state index >= 15 is 0 Å². The van der Waals surface area contributed by atoms with E-state index in [4.69, 9.17) is 0 Å². The highest BCUT2D eigenvalue weighted by molar-refractivity contribution is 7.99. The van der Waals surface area contributed by atoms with Crippen molar-refractivity contribution in [2.24, 2.45) is 0 Å². The minimum atomic E-state index is -3.52. The molecular weight excluding hydrogens is 406 g/mol. The molecule has 1 aliphatic rings. The maximum absolute atomic E-state index is 12.9. The van der Waals surface area contributed by atoms with Gasteiger partial charge in [0.1, 0.15) is 4.90 Å². The Hall–Kier alpha value is -1.45. The maximum atomic E-state index is 12.9. The number of hydrogen-bond acceptors (Lipinski definition) is 6. The van der Waals surface area contributed by atoms with Crippen molar-refractivity contribution in [3.05, 3.63) is 54.2 Å². The van der Waals surface area contributed by atoms with Crippen LogP contribution in [0.2, 0.25) is 0 Å². The Balaban J connectivity index is 1.54. The molecule has 2 heterocycles. The number of benzene rings is 1. The summed E-state index contributed by atoms with van der Waals surface area (Å²) in [5, 5.41) is 10.5.